The first-order valence-corrected chi connectivity index (χ1v) is 11.6. The lowest BCUT2D eigenvalue weighted by atomic mass is 10.1. The first-order chi connectivity index (χ1) is 15.2. The van der Waals surface area contributed by atoms with Crippen molar-refractivity contribution in [1.29, 1.82) is 0 Å². The Morgan fingerprint density at radius 3 is 3.00 bits per heavy atom. The third kappa shape index (κ3) is 4.31. The molecule has 0 saturated carbocycles. The summed E-state index contributed by atoms with van der Waals surface area (Å²) >= 11 is 1.60. The molecule has 1 unspecified atom stereocenters. The van der Waals surface area contributed by atoms with Gasteiger partial charge in [-0.3, -0.25) is 19.5 Å². The molecule has 1 saturated heterocycles. The van der Waals surface area contributed by atoms with Crippen LogP contribution in [0, 0.1) is 0 Å². The van der Waals surface area contributed by atoms with Crippen LogP contribution in [-0.4, -0.2) is 43.7 Å². The summed E-state index contributed by atoms with van der Waals surface area (Å²) in [5.74, 6) is 0.745. The van der Waals surface area contributed by atoms with E-state index in [1.807, 2.05) is 34.7 Å². The topological polar surface area (TPSA) is 82.2 Å². The second kappa shape index (κ2) is 8.72. The predicted octanol–water partition coefficient (Wildman–Crippen LogP) is 2.69. The van der Waals surface area contributed by atoms with Crippen LogP contribution in [-0.2, 0) is 30.7 Å². The highest BCUT2D eigenvalue weighted by Crippen LogP contribution is 2.31. The van der Waals surface area contributed by atoms with E-state index in [1.165, 1.54) is 0 Å². The van der Waals surface area contributed by atoms with Gasteiger partial charge in [-0.15, -0.1) is 11.3 Å². The molecular formula is C23H25N5O2S. The number of H-pyrrole nitrogens is 1. The van der Waals surface area contributed by atoms with Gasteiger partial charge in [0.15, 0.2) is 0 Å². The molecule has 3 aromatic rings. The first kappa shape index (κ1) is 20.1. The van der Waals surface area contributed by atoms with Gasteiger partial charge in [0.05, 0.1) is 23.7 Å². The third-order valence-corrected chi connectivity index (χ3v) is 6.97. The van der Waals surface area contributed by atoms with Crippen molar-refractivity contribution in [2.45, 2.75) is 44.8 Å². The normalized spacial score (nSPS) is 18.8. The Kier molecular flexibility index (Phi) is 5.65. The molecule has 7 nitrogen and oxygen atoms in total. The van der Waals surface area contributed by atoms with Crippen LogP contribution in [0.15, 0.2) is 46.8 Å². The Hall–Kier alpha value is -2.84. The Balaban J connectivity index is 1.33. The molecule has 2 aliphatic rings. The van der Waals surface area contributed by atoms with E-state index in [9.17, 15) is 9.59 Å². The van der Waals surface area contributed by atoms with Gasteiger partial charge in [0.25, 0.3) is 5.56 Å². The van der Waals surface area contributed by atoms with Gasteiger partial charge in [0, 0.05) is 49.9 Å². The number of hydrogen-bond acceptors (Lipinski definition) is 6. The van der Waals surface area contributed by atoms with Crippen LogP contribution in [0.1, 0.15) is 46.4 Å². The van der Waals surface area contributed by atoms with Gasteiger partial charge < -0.3 is 9.88 Å². The summed E-state index contributed by atoms with van der Waals surface area (Å²) < 4.78 is 0. The van der Waals surface area contributed by atoms with E-state index >= 15 is 0 Å². The largest absolute Gasteiger partial charge is 0.332 e. The van der Waals surface area contributed by atoms with Crippen molar-refractivity contribution in [3.8, 4) is 0 Å². The van der Waals surface area contributed by atoms with Crippen molar-refractivity contribution in [2.75, 3.05) is 13.1 Å². The fraction of sp³-hybridized carbons (Fsp3) is 0.391. The molecule has 160 valence electrons. The quantitative estimate of drug-likeness (QED) is 0.666. The number of carbonyl (C=O) groups excluding carboxylic acids is 1. The Morgan fingerprint density at radius 1 is 1.26 bits per heavy atom. The number of aromatic nitrogens is 3. The monoisotopic (exact) mass is 435 g/mol. The zero-order valence-corrected chi connectivity index (χ0v) is 18.1. The molecular weight excluding hydrogens is 410 g/mol. The van der Waals surface area contributed by atoms with Crippen molar-refractivity contribution in [1.82, 2.24) is 24.8 Å². The molecule has 1 N–H and O–H groups in total. The summed E-state index contributed by atoms with van der Waals surface area (Å²) in [5.41, 5.74) is 2.68. The molecule has 0 aliphatic carbocycles. The van der Waals surface area contributed by atoms with E-state index in [0.717, 1.165) is 54.0 Å². The van der Waals surface area contributed by atoms with Crippen LogP contribution in [0.2, 0.25) is 0 Å². The smallest absolute Gasteiger partial charge is 0.255 e. The molecule has 8 heteroatoms. The zero-order valence-electron chi connectivity index (χ0n) is 17.3. The summed E-state index contributed by atoms with van der Waals surface area (Å²) in [5, 5.41) is 1.99. The third-order valence-electron chi connectivity index (χ3n) is 6.09. The number of nitrogens with one attached hydrogen (secondary N) is 1. The molecule has 2 aliphatic heterocycles. The van der Waals surface area contributed by atoms with Crippen molar-refractivity contribution < 1.29 is 4.79 Å². The van der Waals surface area contributed by atoms with Crippen molar-refractivity contribution in [3.63, 3.8) is 0 Å². The fourth-order valence-electron chi connectivity index (χ4n) is 4.56. The number of aromatic amines is 1. The highest BCUT2D eigenvalue weighted by molar-refractivity contribution is 7.10. The van der Waals surface area contributed by atoms with E-state index in [4.69, 9.17) is 4.98 Å². The highest BCUT2D eigenvalue weighted by atomic mass is 32.1. The minimum Gasteiger partial charge on any atom is -0.332 e. The summed E-state index contributed by atoms with van der Waals surface area (Å²) in [6.07, 6.45) is 6.55. The maximum atomic E-state index is 12.9. The molecule has 0 radical (unpaired) electrons. The number of pyridine rings is 1. The lowest BCUT2D eigenvalue weighted by Crippen LogP contribution is -2.38. The number of thiophene rings is 1. The van der Waals surface area contributed by atoms with Crippen molar-refractivity contribution in [2.24, 2.45) is 0 Å². The fourth-order valence-corrected chi connectivity index (χ4v) is 5.25. The van der Waals surface area contributed by atoms with Gasteiger partial charge in [-0.2, -0.15) is 0 Å². The predicted molar refractivity (Wildman–Crippen MR) is 119 cm³/mol. The van der Waals surface area contributed by atoms with E-state index in [0.29, 0.717) is 25.3 Å². The molecule has 3 aromatic heterocycles. The average molecular weight is 436 g/mol. The van der Waals surface area contributed by atoms with Crippen molar-refractivity contribution >= 4 is 17.2 Å². The molecule has 1 atom stereocenters. The molecule has 31 heavy (non-hydrogen) atoms. The summed E-state index contributed by atoms with van der Waals surface area (Å²) in [6, 6.07) is 7.80. The lowest BCUT2D eigenvalue weighted by Gasteiger charge is -2.29. The second-order valence-corrected chi connectivity index (χ2v) is 9.23. The van der Waals surface area contributed by atoms with Crippen LogP contribution in [0.3, 0.4) is 0 Å². The second-order valence-electron chi connectivity index (χ2n) is 8.20. The molecule has 1 fully saturated rings. The number of fused-ring (bicyclic) bond motifs is 1. The van der Waals surface area contributed by atoms with Crippen LogP contribution in [0.25, 0.3) is 0 Å². The van der Waals surface area contributed by atoms with E-state index in [-0.39, 0.29) is 17.5 Å². The zero-order chi connectivity index (χ0) is 21.2. The van der Waals surface area contributed by atoms with Crippen molar-refractivity contribution in [3.05, 3.63) is 79.9 Å². The Bertz CT molecular complexity index is 1110. The highest BCUT2D eigenvalue weighted by Gasteiger charge is 2.33. The number of likely N-dealkylation sites (tertiary alicyclic amines) is 1. The Labute approximate surface area is 184 Å². The molecule has 1 amide bonds. The Morgan fingerprint density at radius 2 is 2.19 bits per heavy atom. The van der Waals surface area contributed by atoms with Gasteiger partial charge in [-0.05, 0) is 35.9 Å². The van der Waals surface area contributed by atoms with Gasteiger partial charge in [0.1, 0.15) is 5.82 Å². The van der Waals surface area contributed by atoms with Gasteiger partial charge >= 0.3 is 0 Å². The lowest BCUT2D eigenvalue weighted by molar-refractivity contribution is -0.131. The van der Waals surface area contributed by atoms with Gasteiger partial charge in [-0.25, -0.2) is 4.98 Å². The standard InChI is InChI=1S/C23H25N5O2S/c29-21(12-17-5-3-11-31-17)28-9-2-6-20(28)22-25-19-7-10-27(15-18(19)23(30)26-22)14-16-4-1-8-24-13-16/h1,3-5,8,11,13,20H,2,6-7,9-10,12,14-15H2,(H,25,26,30). The summed E-state index contributed by atoms with van der Waals surface area (Å²) in [4.78, 5) is 43.1. The average Bonchev–Trinajstić information content (AvgIpc) is 3.47. The number of rotatable bonds is 5. The molecule has 0 aromatic carbocycles. The number of nitrogens with zero attached hydrogens (tertiary/aromatic N) is 4. The van der Waals surface area contributed by atoms with Crippen LogP contribution in [0.5, 0.6) is 0 Å². The molecule has 5 rings (SSSR count). The van der Waals surface area contributed by atoms with Gasteiger partial charge in [0.2, 0.25) is 5.91 Å². The number of amides is 1. The molecule has 5 heterocycles. The summed E-state index contributed by atoms with van der Waals surface area (Å²) in [7, 11) is 0. The number of carbonyl (C=O) groups is 1. The SMILES string of the molecule is O=C(Cc1cccs1)N1CCCC1c1nc2c(c(=O)[nH]1)CN(Cc1cccnc1)CC2. The summed E-state index contributed by atoms with van der Waals surface area (Å²) in [6.45, 7) is 2.92. The van der Waals surface area contributed by atoms with Crippen LogP contribution >= 0.6 is 11.3 Å². The minimum atomic E-state index is -0.140. The van der Waals surface area contributed by atoms with Gasteiger partial charge in [-0.1, -0.05) is 12.1 Å². The minimum absolute atomic E-state index is 0.0755. The van der Waals surface area contributed by atoms with Crippen LogP contribution in [0.4, 0.5) is 0 Å². The van der Waals surface area contributed by atoms with E-state index in [1.54, 1.807) is 17.5 Å². The first-order valence-electron chi connectivity index (χ1n) is 10.7. The maximum absolute atomic E-state index is 12.9. The molecule has 0 spiro atoms. The van der Waals surface area contributed by atoms with E-state index in [2.05, 4.69) is 20.9 Å². The maximum Gasteiger partial charge on any atom is 0.255 e. The van der Waals surface area contributed by atoms with E-state index < -0.39 is 0 Å². The number of hydrogen-bond donors (Lipinski definition) is 1. The van der Waals surface area contributed by atoms with Crippen LogP contribution < -0.4 is 5.56 Å². The molecule has 0 bridgehead atoms.